The second-order valence-electron chi connectivity index (χ2n) is 4.51. The van der Waals surface area contributed by atoms with Gasteiger partial charge in [0.2, 0.25) is 0 Å². The normalized spacial score (nSPS) is 10.8. The summed E-state index contributed by atoms with van der Waals surface area (Å²) in [5.41, 5.74) is 1.19. The van der Waals surface area contributed by atoms with Crippen molar-refractivity contribution >= 4 is 17.1 Å². The molecule has 0 radical (unpaired) electrons. The molecule has 0 N–H and O–H groups in total. The number of hydrogen-bond acceptors (Lipinski definition) is 6. The van der Waals surface area contributed by atoms with Crippen molar-refractivity contribution in [2.24, 2.45) is 10.2 Å². The topological polar surface area (TPSA) is 111 Å². The predicted octanol–water partition coefficient (Wildman–Crippen LogP) is 4.10. The summed E-state index contributed by atoms with van der Waals surface area (Å²) >= 11 is 0. The van der Waals surface area contributed by atoms with Crippen molar-refractivity contribution in [3.05, 3.63) is 73.8 Å². The van der Waals surface area contributed by atoms with Crippen LogP contribution in [0.15, 0.2) is 52.7 Å². The second-order valence-corrected chi connectivity index (χ2v) is 4.51. The van der Waals surface area contributed by atoms with Crippen molar-refractivity contribution < 1.29 is 9.85 Å². The van der Waals surface area contributed by atoms with Gasteiger partial charge in [0.25, 0.3) is 5.69 Å². The number of hydrogen-bond donors (Lipinski definition) is 0. The lowest BCUT2D eigenvalue weighted by Gasteiger charge is -2.00. The van der Waals surface area contributed by atoms with Gasteiger partial charge in [-0.2, -0.15) is 5.11 Å². The van der Waals surface area contributed by atoms with Crippen molar-refractivity contribution in [3.63, 3.8) is 0 Å². The first kappa shape index (κ1) is 15.2. The van der Waals surface area contributed by atoms with E-state index in [9.17, 15) is 20.2 Å². The molecule has 0 aromatic heterocycles. The molecule has 0 saturated carbocycles. The number of benzene rings is 2. The Morgan fingerprint density at radius 2 is 1.77 bits per heavy atom. The zero-order valence-corrected chi connectivity index (χ0v) is 11.7. The lowest BCUT2D eigenvalue weighted by Crippen LogP contribution is -1.92. The molecule has 0 aliphatic rings. The van der Waals surface area contributed by atoms with Crippen LogP contribution in [0.4, 0.5) is 17.1 Å². The zero-order valence-electron chi connectivity index (χ0n) is 11.7. The maximum Gasteiger partial charge on any atom is 0.303 e. The van der Waals surface area contributed by atoms with Crippen molar-refractivity contribution in [3.8, 4) is 0 Å². The van der Waals surface area contributed by atoms with Gasteiger partial charge in [0.15, 0.2) is 5.69 Å². The monoisotopic (exact) mass is 300 g/mol. The van der Waals surface area contributed by atoms with E-state index in [4.69, 9.17) is 0 Å². The van der Waals surface area contributed by atoms with E-state index in [2.05, 4.69) is 10.2 Å². The average molecular weight is 300 g/mol. The van der Waals surface area contributed by atoms with Crippen LogP contribution >= 0.6 is 0 Å². The number of nitro groups is 2. The highest BCUT2D eigenvalue weighted by molar-refractivity contribution is 5.61. The highest BCUT2D eigenvalue weighted by Gasteiger charge is 2.19. The molecule has 0 aliphatic heterocycles. The summed E-state index contributed by atoms with van der Waals surface area (Å²) in [5, 5.41) is 29.4. The molecule has 0 bridgehead atoms. The Bertz CT molecular complexity index is 758. The quantitative estimate of drug-likeness (QED) is 0.470. The Morgan fingerprint density at radius 1 is 1.05 bits per heavy atom. The van der Waals surface area contributed by atoms with Crippen LogP contribution in [0.3, 0.4) is 0 Å². The summed E-state index contributed by atoms with van der Waals surface area (Å²) < 4.78 is 0. The van der Waals surface area contributed by atoms with E-state index in [1.54, 1.807) is 0 Å². The Hall–Kier alpha value is -3.16. The van der Waals surface area contributed by atoms with Crippen molar-refractivity contribution in [1.29, 1.82) is 0 Å². The van der Waals surface area contributed by atoms with Gasteiger partial charge in [-0.15, -0.1) is 5.11 Å². The molecule has 2 aromatic carbocycles. The van der Waals surface area contributed by atoms with Crippen molar-refractivity contribution in [1.82, 2.24) is 0 Å². The average Bonchev–Trinajstić information content (AvgIpc) is 2.49. The molecule has 0 fully saturated rings. The van der Waals surface area contributed by atoms with Crippen LogP contribution in [0.2, 0.25) is 0 Å². The number of azo groups is 1. The van der Waals surface area contributed by atoms with E-state index in [0.717, 1.165) is 23.3 Å². The third kappa shape index (κ3) is 3.48. The summed E-state index contributed by atoms with van der Waals surface area (Å²) in [4.78, 5) is 20.2. The van der Waals surface area contributed by atoms with Crippen LogP contribution in [0.5, 0.6) is 0 Å². The smallest absolute Gasteiger partial charge is 0.258 e. The Balaban J connectivity index is 2.25. The third-order valence-electron chi connectivity index (χ3n) is 3.05. The number of rotatable bonds is 5. The molecule has 112 valence electrons. The van der Waals surface area contributed by atoms with Gasteiger partial charge >= 0.3 is 5.69 Å². The standard InChI is InChI=1S/C14H12N4O4/c1-10-4-2-3-5-11(10)9-15-16-13-7-6-12(17(19)20)8-14(13)18(21)22/h2-8H,9H2,1H3. The number of nitrogens with zero attached hydrogens (tertiary/aromatic N) is 4. The third-order valence-corrected chi connectivity index (χ3v) is 3.05. The first-order valence-corrected chi connectivity index (χ1v) is 6.34. The van der Waals surface area contributed by atoms with Crippen molar-refractivity contribution in [2.75, 3.05) is 0 Å². The summed E-state index contributed by atoms with van der Waals surface area (Å²) in [5.74, 6) is 0. The fraction of sp³-hybridized carbons (Fsp3) is 0.143. The molecule has 0 unspecified atom stereocenters. The van der Waals surface area contributed by atoms with Crippen molar-refractivity contribution in [2.45, 2.75) is 13.5 Å². The fourth-order valence-electron chi connectivity index (χ4n) is 1.83. The van der Waals surface area contributed by atoms with E-state index >= 15 is 0 Å². The van der Waals surface area contributed by atoms with Gasteiger partial charge in [-0.3, -0.25) is 20.2 Å². The molecule has 8 nitrogen and oxygen atoms in total. The second kappa shape index (κ2) is 6.53. The lowest BCUT2D eigenvalue weighted by molar-refractivity contribution is -0.393. The molecular weight excluding hydrogens is 288 g/mol. The Labute approximate surface area is 125 Å². The molecule has 0 aliphatic carbocycles. The fourth-order valence-corrected chi connectivity index (χ4v) is 1.83. The van der Waals surface area contributed by atoms with E-state index in [-0.39, 0.29) is 17.9 Å². The zero-order chi connectivity index (χ0) is 16.1. The molecule has 8 heteroatoms. The van der Waals surface area contributed by atoms with Gasteiger partial charge in [0.1, 0.15) is 0 Å². The molecule has 0 atom stereocenters. The molecular formula is C14H12N4O4. The molecule has 0 amide bonds. The van der Waals surface area contributed by atoms with E-state index in [1.165, 1.54) is 6.07 Å². The highest BCUT2D eigenvalue weighted by Crippen LogP contribution is 2.31. The molecule has 0 spiro atoms. The molecule has 0 heterocycles. The molecule has 2 rings (SSSR count). The van der Waals surface area contributed by atoms with Gasteiger partial charge in [-0.25, -0.2) is 0 Å². The van der Waals surface area contributed by atoms with Gasteiger partial charge in [0.05, 0.1) is 22.5 Å². The van der Waals surface area contributed by atoms with Crippen LogP contribution in [-0.4, -0.2) is 9.85 Å². The van der Waals surface area contributed by atoms with Gasteiger partial charge in [0, 0.05) is 6.07 Å². The van der Waals surface area contributed by atoms with Gasteiger partial charge in [-0.05, 0) is 24.1 Å². The van der Waals surface area contributed by atoms with Crippen LogP contribution in [0.1, 0.15) is 11.1 Å². The summed E-state index contributed by atoms with van der Waals surface area (Å²) in [6.45, 7) is 2.21. The first-order chi connectivity index (χ1) is 10.5. The minimum atomic E-state index is -0.713. The maximum atomic E-state index is 11.0. The number of nitro benzene ring substituents is 2. The van der Waals surface area contributed by atoms with Gasteiger partial charge in [-0.1, -0.05) is 24.3 Å². The molecule has 22 heavy (non-hydrogen) atoms. The van der Waals surface area contributed by atoms with E-state index < -0.39 is 15.5 Å². The highest BCUT2D eigenvalue weighted by atomic mass is 16.6. The van der Waals surface area contributed by atoms with Gasteiger partial charge < -0.3 is 0 Å². The minimum Gasteiger partial charge on any atom is -0.258 e. The molecule has 2 aromatic rings. The molecule has 0 saturated heterocycles. The summed E-state index contributed by atoms with van der Waals surface area (Å²) in [6, 6.07) is 10.8. The largest absolute Gasteiger partial charge is 0.303 e. The van der Waals surface area contributed by atoms with E-state index in [0.29, 0.717) is 0 Å². The lowest BCUT2D eigenvalue weighted by atomic mass is 10.1. The number of aryl methyl sites for hydroxylation is 1. The van der Waals surface area contributed by atoms with Crippen LogP contribution in [-0.2, 0) is 6.54 Å². The minimum absolute atomic E-state index is 0.0100. The Kier molecular flexibility index (Phi) is 4.52. The predicted molar refractivity (Wildman–Crippen MR) is 79.1 cm³/mol. The summed E-state index contributed by atoms with van der Waals surface area (Å²) in [7, 11) is 0. The summed E-state index contributed by atoms with van der Waals surface area (Å²) in [6.07, 6.45) is 0. The maximum absolute atomic E-state index is 11.0. The number of non-ortho nitro benzene ring substituents is 1. The van der Waals surface area contributed by atoms with E-state index in [1.807, 2.05) is 31.2 Å². The van der Waals surface area contributed by atoms with Crippen LogP contribution < -0.4 is 0 Å². The Morgan fingerprint density at radius 3 is 2.41 bits per heavy atom. The van der Waals surface area contributed by atoms with Crippen LogP contribution in [0, 0.1) is 27.2 Å². The SMILES string of the molecule is Cc1ccccc1CN=Nc1ccc([N+](=O)[O-])cc1[N+](=O)[O-]. The first-order valence-electron chi connectivity index (χ1n) is 6.34. The van der Waals surface area contributed by atoms with Crippen LogP contribution in [0.25, 0.3) is 0 Å².